The highest BCUT2D eigenvalue weighted by atomic mass is 32.2. The molecule has 0 aromatic carbocycles. The molecule has 4 heterocycles. The molecule has 4 aromatic rings. The lowest BCUT2D eigenvalue weighted by Gasteiger charge is -2.12. The third-order valence-electron chi connectivity index (χ3n) is 4.45. The van der Waals surface area contributed by atoms with Gasteiger partial charge >= 0.3 is 12.4 Å². The van der Waals surface area contributed by atoms with Crippen LogP contribution in [0.25, 0.3) is 22.7 Å². The van der Waals surface area contributed by atoms with Crippen LogP contribution in [0.3, 0.4) is 0 Å². The first-order chi connectivity index (χ1) is 14.4. The number of hydrogen-bond acceptors (Lipinski definition) is 5. The van der Waals surface area contributed by atoms with Crippen LogP contribution >= 0.6 is 0 Å². The number of fused-ring (bicyclic) bond motifs is 2. The number of halogens is 6. The number of hydrogen-bond donors (Lipinski definition) is 0. The number of alkyl halides is 6. The van der Waals surface area contributed by atoms with Gasteiger partial charge in [0.25, 0.3) is 0 Å². The monoisotopic (exact) mass is 463 g/mol. The highest BCUT2D eigenvalue weighted by molar-refractivity contribution is 7.91. The van der Waals surface area contributed by atoms with Gasteiger partial charge in [0, 0.05) is 6.20 Å². The summed E-state index contributed by atoms with van der Waals surface area (Å²) in [6.07, 6.45) is -9.00. The van der Waals surface area contributed by atoms with E-state index in [1.54, 1.807) is 0 Å². The van der Waals surface area contributed by atoms with Crippen LogP contribution in [0, 0.1) is 0 Å². The molecule has 4 aromatic heterocycles. The van der Waals surface area contributed by atoms with Gasteiger partial charge in [0.05, 0.1) is 5.75 Å². The zero-order chi connectivity index (χ0) is 22.8. The second-order valence-corrected chi connectivity index (χ2v) is 8.57. The van der Waals surface area contributed by atoms with Gasteiger partial charge in [-0.1, -0.05) is 13.0 Å². The molecule has 0 unspecified atom stereocenters. The molecule has 0 spiro atoms. The predicted molar refractivity (Wildman–Crippen MR) is 94.9 cm³/mol. The van der Waals surface area contributed by atoms with Crippen molar-refractivity contribution in [2.45, 2.75) is 24.3 Å². The lowest BCUT2D eigenvalue weighted by molar-refractivity contribution is -0.143. The maximum Gasteiger partial charge on any atom is 0.435 e. The van der Waals surface area contributed by atoms with E-state index in [0.717, 1.165) is 25.3 Å². The van der Waals surface area contributed by atoms with E-state index >= 15 is 0 Å². The van der Waals surface area contributed by atoms with Crippen molar-refractivity contribution in [1.29, 1.82) is 0 Å². The van der Waals surface area contributed by atoms with Crippen molar-refractivity contribution in [3.05, 3.63) is 47.9 Å². The minimum atomic E-state index is -5.06. The summed E-state index contributed by atoms with van der Waals surface area (Å²) in [5, 5.41) is 2.57. The van der Waals surface area contributed by atoms with Crippen molar-refractivity contribution in [2.75, 3.05) is 5.75 Å². The summed E-state index contributed by atoms with van der Waals surface area (Å²) < 4.78 is 109. The first-order valence-corrected chi connectivity index (χ1v) is 10.2. The number of sulfone groups is 1. The molecule has 0 fully saturated rings. The van der Waals surface area contributed by atoms with E-state index < -0.39 is 61.4 Å². The first kappa shape index (κ1) is 21.1. The van der Waals surface area contributed by atoms with Crippen LogP contribution in [0.15, 0.2) is 41.6 Å². The van der Waals surface area contributed by atoms with E-state index in [2.05, 4.69) is 15.1 Å². The molecule has 0 radical (unpaired) electrons. The Balaban J connectivity index is 2.23. The average Bonchev–Trinajstić information content (AvgIpc) is 3.25. The zero-order valence-electron chi connectivity index (χ0n) is 15.4. The summed E-state index contributed by atoms with van der Waals surface area (Å²) in [4.78, 5) is 7.62. The topological polar surface area (TPSA) is 81.6 Å². The normalized spacial score (nSPS) is 13.4. The van der Waals surface area contributed by atoms with Crippen molar-refractivity contribution < 1.29 is 34.8 Å². The number of nitrogens with zero attached hydrogens (tertiary/aromatic N) is 5. The van der Waals surface area contributed by atoms with Gasteiger partial charge in [0.2, 0.25) is 0 Å². The van der Waals surface area contributed by atoms with Crippen LogP contribution in [0.2, 0.25) is 0 Å². The van der Waals surface area contributed by atoms with Crippen LogP contribution < -0.4 is 0 Å². The van der Waals surface area contributed by atoms with E-state index in [0.29, 0.717) is 15.0 Å². The molecule has 31 heavy (non-hydrogen) atoms. The Hall–Kier alpha value is -3.16. The van der Waals surface area contributed by atoms with Gasteiger partial charge in [-0.2, -0.15) is 31.4 Å². The molecular formula is C17H11F6N5O2S. The fraction of sp³-hybridized carbons (Fsp3) is 0.235. The Morgan fingerprint density at radius 1 is 0.903 bits per heavy atom. The van der Waals surface area contributed by atoms with Crippen molar-refractivity contribution in [3.8, 4) is 11.4 Å². The summed E-state index contributed by atoms with van der Waals surface area (Å²) >= 11 is 0. The molecule has 0 aliphatic carbocycles. The van der Waals surface area contributed by atoms with Gasteiger partial charge in [0.1, 0.15) is 22.7 Å². The maximum absolute atomic E-state index is 13.9. The van der Waals surface area contributed by atoms with E-state index in [9.17, 15) is 34.8 Å². The number of aromatic nitrogens is 5. The largest absolute Gasteiger partial charge is 0.435 e. The van der Waals surface area contributed by atoms with Crippen molar-refractivity contribution >= 4 is 21.1 Å². The zero-order valence-corrected chi connectivity index (χ0v) is 16.2. The van der Waals surface area contributed by atoms with Gasteiger partial charge in [-0.15, -0.1) is 0 Å². The van der Waals surface area contributed by atoms with Gasteiger partial charge in [-0.3, -0.25) is 4.40 Å². The minimum absolute atomic E-state index is 0.280. The molecule has 4 rings (SSSR count). The Labute approximate surface area is 169 Å². The molecule has 0 amide bonds. The fourth-order valence-electron chi connectivity index (χ4n) is 3.17. The third-order valence-corrected chi connectivity index (χ3v) is 6.18. The molecule has 0 saturated heterocycles. The summed E-state index contributed by atoms with van der Waals surface area (Å²) in [6.45, 7) is 1.16. The minimum Gasteiger partial charge on any atom is -0.278 e. The lowest BCUT2D eigenvalue weighted by atomic mass is 10.2. The number of pyridine rings is 1. The third kappa shape index (κ3) is 3.30. The molecule has 0 N–H and O–H groups in total. The molecule has 14 heteroatoms. The van der Waals surface area contributed by atoms with Crippen LogP contribution in [0.1, 0.15) is 18.3 Å². The van der Waals surface area contributed by atoms with Crippen molar-refractivity contribution in [1.82, 2.24) is 24.0 Å². The fourth-order valence-corrected chi connectivity index (χ4v) is 4.35. The summed E-state index contributed by atoms with van der Waals surface area (Å²) in [5.74, 6) is -0.674. The Morgan fingerprint density at radius 2 is 1.55 bits per heavy atom. The Kier molecular flexibility index (Phi) is 4.54. The average molecular weight is 463 g/mol. The van der Waals surface area contributed by atoms with E-state index in [-0.39, 0.29) is 5.65 Å². The van der Waals surface area contributed by atoms with Crippen molar-refractivity contribution in [3.63, 3.8) is 0 Å². The summed E-state index contributed by atoms with van der Waals surface area (Å²) in [5.41, 5.74) is -5.39. The molecule has 0 atom stereocenters. The van der Waals surface area contributed by atoms with Crippen LogP contribution in [0.4, 0.5) is 26.3 Å². The highest BCUT2D eigenvalue weighted by Crippen LogP contribution is 2.41. The highest BCUT2D eigenvalue weighted by Gasteiger charge is 2.43. The standard InChI is InChI=1S/C17H11F6N5O2S/c1-2-31(29,30)15-13(25-10-6-3-5-9(27(10)15)16(18,19)20)12-14(17(21,22)23)28-11(26-12)7-4-8-24-28/h3-8H,2H2,1H3. The molecule has 164 valence electrons. The van der Waals surface area contributed by atoms with Crippen LogP contribution in [-0.2, 0) is 22.2 Å². The maximum atomic E-state index is 13.9. The van der Waals surface area contributed by atoms with Gasteiger partial charge in [-0.25, -0.2) is 22.9 Å². The van der Waals surface area contributed by atoms with Crippen molar-refractivity contribution in [2.24, 2.45) is 0 Å². The smallest absolute Gasteiger partial charge is 0.278 e. The summed E-state index contributed by atoms with van der Waals surface area (Å²) in [6, 6.07) is 5.16. The predicted octanol–water partition coefficient (Wildman–Crippen LogP) is 3.88. The number of imidazole rings is 2. The summed E-state index contributed by atoms with van der Waals surface area (Å²) in [7, 11) is -4.48. The van der Waals surface area contributed by atoms with Gasteiger partial charge < -0.3 is 0 Å². The first-order valence-electron chi connectivity index (χ1n) is 8.59. The van der Waals surface area contributed by atoms with E-state index in [1.807, 2.05) is 0 Å². The Morgan fingerprint density at radius 3 is 2.16 bits per heavy atom. The molecule has 0 aliphatic heterocycles. The van der Waals surface area contributed by atoms with E-state index in [4.69, 9.17) is 0 Å². The lowest BCUT2D eigenvalue weighted by Crippen LogP contribution is -2.17. The molecule has 0 saturated carbocycles. The quantitative estimate of drug-likeness (QED) is 0.431. The van der Waals surface area contributed by atoms with Gasteiger partial charge in [0.15, 0.2) is 26.2 Å². The molecule has 7 nitrogen and oxygen atoms in total. The Bertz CT molecular complexity index is 1420. The van der Waals surface area contributed by atoms with Crippen LogP contribution in [0.5, 0.6) is 0 Å². The SMILES string of the molecule is CCS(=O)(=O)c1c(-c2nc3cccnn3c2C(F)(F)F)nc2cccc(C(F)(F)F)n12. The number of rotatable bonds is 3. The van der Waals surface area contributed by atoms with E-state index in [1.165, 1.54) is 12.1 Å². The second-order valence-electron chi connectivity index (χ2n) is 6.37. The molecule has 0 bridgehead atoms. The van der Waals surface area contributed by atoms with Gasteiger partial charge in [-0.05, 0) is 24.3 Å². The molecule has 0 aliphatic rings. The van der Waals surface area contributed by atoms with Crippen LogP contribution in [-0.4, -0.2) is 38.2 Å². The molecular weight excluding hydrogens is 452 g/mol. The second kappa shape index (κ2) is 6.67.